The Hall–Kier alpha value is -6.36. The third kappa shape index (κ3) is 7.85. The molecule has 2 saturated heterocycles. The number of likely N-dealkylation sites (tertiary alicyclic amines) is 2. The molecular formula is C48H54N8O6. The summed E-state index contributed by atoms with van der Waals surface area (Å²) in [6.07, 6.45) is 5.02. The number of hydrogen-bond acceptors (Lipinski definition) is 8. The minimum absolute atomic E-state index is 0.101. The first-order chi connectivity index (χ1) is 29.9. The normalized spacial score (nSPS) is 23.1. The number of amides is 4. The van der Waals surface area contributed by atoms with Crippen LogP contribution in [0, 0.1) is 41.4 Å². The van der Waals surface area contributed by atoms with Gasteiger partial charge in [-0.3, -0.25) is 9.59 Å². The Kier molecular flexibility index (Phi) is 10.9. The molecule has 4 amide bonds. The van der Waals surface area contributed by atoms with Crippen LogP contribution in [-0.4, -0.2) is 92.6 Å². The van der Waals surface area contributed by atoms with Crippen molar-refractivity contribution in [2.24, 2.45) is 29.6 Å². The summed E-state index contributed by atoms with van der Waals surface area (Å²) in [5.74, 6) is 8.98. The second-order valence-corrected chi connectivity index (χ2v) is 18.1. The van der Waals surface area contributed by atoms with Gasteiger partial charge in [0.15, 0.2) is 0 Å². The number of nitrogens with zero attached hydrogens (tertiary/aromatic N) is 4. The smallest absolute Gasteiger partial charge is 0.407 e. The summed E-state index contributed by atoms with van der Waals surface area (Å²) in [7, 11) is 2.64. The molecule has 8 atom stereocenters. The molecule has 2 saturated carbocycles. The van der Waals surface area contributed by atoms with E-state index >= 15 is 0 Å². The average Bonchev–Trinajstić information content (AvgIpc) is 3.88. The van der Waals surface area contributed by atoms with Gasteiger partial charge in [0.2, 0.25) is 11.8 Å². The summed E-state index contributed by atoms with van der Waals surface area (Å²) in [4.78, 5) is 72.5. The van der Waals surface area contributed by atoms with Gasteiger partial charge in [0.25, 0.3) is 0 Å². The Morgan fingerprint density at radius 3 is 2.11 bits per heavy atom. The van der Waals surface area contributed by atoms with E-state index in [1.54, 1.807) is 0 Å². The van der Waals surface area contributed by atoms with Gasteiger partial charge in [-0.25, -0.2) is 19.6 Å². The van der Waals surface area contributed by atoms with Crippen molar-refractivity contribution in [3.05, 3.63) is 83.6 Å². The SMILES string of the molecule is COC(=O)NCC[C@H](C(=O)N1[C@@H]2C[C@@H]2C[C@H]1c1ncc(-c2ccc(C#Cc3ccc4c(ccc5[nH]c([C@@H]6C[C@H]7C[C@H]7N6C(=O)[C@@H](NC(=O)OC)C(C)C)nc54)c3)cc2)[nH]1)C(C)C. The number of ether oxygens (including phenoxy) is 2. The summed E-state index contributed by atoms with van der Waals surface area (Å²) >= 11 is 0. The van der Waals surface area contributed by atoms with Crippen LogP contribution in [0.25, 0.3) is 33.1 Å². The summed E-state index contributed by atoms with van der Waals surface area (Å²) < 4.78 is 9.52. The predicted octanol–water partition coefficient (Wildman–Crippen LogP) is 7.23. The van der Waals surface area contributed by atoms with Gasteiger partial charge >= 0.3 is 12.2 Å². The highest BCUT2D eigenvalue weighted by Crippen LogP contribution is 2.55. The zero-order valence-corrected chi connectivity index (χ0v) is 36.0. The second-order valence-electron chi connectivity index (χ2n) is 18.1. The zero-order valence-electron chi connectivity index (χ0n) is 36.0. The molecule has 62 heavy (non-hydrogen) atoms. The van der Waals surface area contributed by atoms with Crippen LogP contribution in [-0.2, 0) is 19.1 Å². The van der Waals surface area contributed by atoms with Crippen LogP contribution in [0.5, 0.6) is 0 Å². The molecule has 0 bridgehead atoms. The maximum Gasteiger partial charge on any atom is 0.407 e. The molecule has 4 heterocycles. The fourth-order valence-electron chi connectivity index (χ4n) is 9.82. The minimum atomic E-state index is -0.685. The number of carbonyl (C=O) groups is 4. The lowest BCUT2D eigenvalue weighted by molar-refractivity contribution is -0.139. The highest BCUT2D eigenvalue weighted by Gasteiger charge is 2.57. The number of aromatic amines is 2. The Morgan fingerprint density at radius 2 is 1.44 bits per heavy atom. The number of alkyl carbamates (subject to hydrolysis) is 2. The number of benzene rings is 3. The molecule has 3 aromatic carbocycles. The first-order valence-corrected chi connectivity index (χ1v) is 21.8. The van der Waals surface area contributed by atoms with E-state index in [9.17, 15) is 19.2 Å². The minimum Gasteiger partial charge on any atom is -0.453 e. The van der Waals surface area contributed by atoms with Crippen molar-refractivity contribution in [2.75, 3.05) is 20.8 Å². The van der Waals surface area contributed by atoms with Crippen LogP contribution >= 0.6 is 0 Å². The fourth-order valence-corrected chi connectivity index (χ4v) is 9.82. The molecule has 0 unspecified atom stereocenters. The van der Waals surface area contributed by atoms with Crippen molar-refractivity contribution in [1.82, 2.24) is 40.4 Å². The Balaban J connectivity index is 0.874. The number of hydrogen-bond donors (Lipinski definition) is 4. The molecule has 4 aliphatic rings. The van der Waals surface area contributed by atoms with E-state index in [1.807, 2.05) is 61.3 Å². The topological polar surface area (TPSA) is 175 Å². The zero-order chi connectivity index (χ0) is 43.4. The van der Waals surface area contributed by atoms with Gasteiger partial charge in [-0.2, -0.15) is 0 Å². The summed E-state index contributed by atoms with van der Waals surface area (Å²) in [5.41, 5.74) is 5.39. The Labute approximate surface area is 360 Å². The molecule has 0 radical (unpaired) electrons. The highest BCUT2D eigenvalue weighted by molar-refractivity contribution is 6.04. The summed E-state index contributed by atoms with van der Waals surface area (Å²) in [6.45, 7) is 8.34. The van der Waals surface area contributed by atoms with Gasteiger partial charge < -0.3 is 39.9 Å². The molecular weight excluding hydrogens is 785 g/mol. The van der Waals surface area contributed by atoms with E-state index in [4.69, 9.17) is 19.4 Å². The number of H-pyrrole nitrogens is 2. The molecule has 9 rings (SSSR count). The van der Waals surface area contributed by atoms with Crippen LogP contribution in [0.3, 0.4) is 0 Å². The number of fused-ring (bicyclic) bond motifs is 5. The summed E-state index contributed by atoms with van der Waals surface area (Å²) in [5, 5.41) is 7.50. The second kappa shape index (κ2) is 16.5. The highest BCUT2D eigenvalue weighted by atomic mass is 16.5. The molecule has 2 aliphatic heterocycles. The molecule has 2 aromatic heterocycles. The standard InChI is InChI=1S/C48H54N8O6/c1-25(2)33(17-18-49-47(59)61-5)45(57)55-37-20-31(37)22-39(55)43-50-24-36(52-43)29-12-9-27(10-13-29)7-8-28-11-15-34-30(19-28)14-16-35-42(34)53-44(51-35)40-23-32-21-38(32)56(40)46(58)41(26(3)4)54-48(60)62-6/h9-16,19,24-26,31-33,37-41H,17-18,20-23H2,1-6H3,(H,49,59)(H,50,52)(H,51,53)(H,54,60)/t31-,32-,33+,37-,38-,39+,40+,41+/m1/s1. The van der Waals surface area contributed by atoms with E-state index in [2.05, 4.69) is 69.4 Å². The van der Waals surface area contributed by atoms with Crippen LogP contribution < -0.4 is 10.6 Å². The molecule has 4 fully saturated rings. The maximum atomic E-state index is 14.0. The van der Waals surface area contributed by atoms with Crippen molar-refractivity contribution in [2.45, 2.75) is 90.0 Å². The van der Waals surface area contributed by atoms with E-state index in [0.717, 1.165) is 81.5 Å². The quantitative estimate of drug-likeness (QED) is 0.101. The van der Waals surface area contributed by atoms with Gasteiger partial charge in [0.1, 0.15) is 17.7 Å². The Morgan fingerprint density at radius 1 is 0.774 bits per heavy atom. The lowest BCUT2D eigenvalue weighted by Crippen LogP contribution is -2.52. The predicted molar refractivity (Wildman–Crippen MR) is 233 cm³/mol. The van der Waals surface area contributed by atoms with Crippen LogP contribution in [0.15, 0.2) is 60.8 Å². The average molecular weight is 839 g/mol. The number of rotatable bonds is 11. The number of carbonyl (C=O) groups excluding carboxylic acids is 4. The molecule has 5 aromatic rings. The third-order valence-corrected chi connectivity index (χ3v) is 13.4. The fraction of sp³-hybridized carbons (Fsp3) is 0.458. The van der Waals surface area contributed by atoms with Crippen molar-refractivity contribution in [1.29, 1.82) is 0 Å². The number of piperidine rings is 2. The number of methoxy groups -OCH3 is 2. The summed E-state index contributed by atoms with van der Waals surface area (Å²) in [6, 6.07) is 17.7. The first kappa shape index (κ1) is 41.0. The largest absolute Gasteiger partial charge is 0.453 e. The number of nitrogens with one attached hydrogen (secondary N) is 4. The number of imidazole rings is 2. The van der Waals surface area contributed by atoms with Crippen LogP contribution in [0.2, 0.25) is 0 Å². The molecule has 4 N–H and O–H groups in total. The van der Waals surface area contributed by atoms with Gasteiger partial charge in [0.05, 0.1) is 49.2 Å². The van der Waals surface area contributed by atoms with Gasteiger partial charge in [-0.15, -0.1) is 0 Å². The van der Waals surface area contributed by atoms with Crippen molar-refractivity contribution < 1.29 is 28.7 Å². The monoisotopic (exact) mass is 838 g/mol. The number of aromatic nitrogens is 4. The maximum absolute atomic E-state index is 14.0. The molecule has 0 spiro atoms. The van der Waals surface area contributed by atoms with Gasteiger partial charge in [0, 0.05) is 41.1 Å². The van der Waals surface area contributed by atoms with E-state index in [1.165, 1.54) is 14.2 Å². The molecule has 322 valence electrons. The van der Waals surface area contributed by atoms with Crippen LogP contribution in [0.4, 0.5) is 9.59 Å². The Bertz CT molecular complexity index is 2600. The van der Waals surface area contributed by atoms with Gasteiger partial charge in [-0.1, -0.05) is 63.8 Å². The van der Waals surface area contributed by atoms with E-state index < -0.39 is 18.2 Å². The molecule has 14 nitrogen and oxygen atoms in total. The van der Waals surface area contributed by atoms with Gasteiger partial charge in [-0.05, 0) is 97.1 Å². The van der Waals surface area contributed by atoms with Crippen molar-refractivity contribution >= 4 is 45.8 Å². The van der Waals surface area contributed by atoms with Crippen LogP contribution in [0.1, 0.15) is 94.7 Å². The van der Waals surface area contributed by atoms with E-state index in [-0.39, 0.29) is 53.7 Å². The first-order valence-electron chi connectivity index (χ1n) is 21.8. The molecule has 2 aliphatic carbocycles. The lowest BCUT2D eigenvalue weighted by Gasteiger charge is -2.32. The molecule has 14 heteroatoms. The lowest BCUT2D eigenvalue weighted by atomic mass is 9.90. The van der Waals surface area contributed by atoms with Crippen molar-refractivity contribution in [3.8, 4) is 23.1 Å². The van der Waals surface area contributed by atoms with Crippen molar-refractivity contribution in [3.63, 3.8) is 0 Å². The third-order valence-electron chi connectivity index (χ3n) is 13.4. The van der Waals surface area contributed by atoms with E-state index in [0.29, 0.717) is 24.8 Å².